The Labute approximate surface area is 244 Å². The van der Waals surface area contributed by atoms with Gasteiger partial charge in [-0.15, -0.1) is 0 Å². The molecular weight excluding hydrogens is 540 g/mol. The van der Waals surface area contributed by atoms with E-state index in [-0.39, 0.29) is 0 Å². The van der Waals surface area contributed by atoms with Crippen molar-refractivity contribution in [3.8, 4) is 22.5 Å². The number of hydrogen-bond acceptors (Lipinski definition) is 4. The molecule has 6 heteroatoms. The molecule has 0 radical (unpaired) electrons. The molecule has 4 aromatic carbocycles. The summed E-state index contributed by atoms with van der Waals surface area (Å²) in [7, 11) is -3.48. The SMILES string of the molecule is CS(=O)(=O)c1ccccc1-c1c2ccc(=[N+]3CCc4ccccc43)cc-2oc2cc(N3CCc4ccccc43)ccc12. The molecule has 0 N–H and O–H groups in total. The predicted molar refractivity (Wildman–Crippen MR) is 168 cm³/mol. The average Bonchev–Trinajstić information content (AvgIpc) is 3.64. The first-order valence-corrected chi connectivity index (χ1v) is 16.2. The first-order valence-electron chi connectivity index (χ1n) is 14.3. The van der Waals surface area contributed by atoms with Crippen LogP contribution in [-0.2, 0) is 22.7 Å². The molecule has 0 atom stereocenters. The highest BCUT2D eigenvalue weighted by Gasteiger charge is 2.27. The number of nitrogens with zero attached hydrogens (tertiary/aromatic N) is 2. The zero-order chi connectivity index (χ0) is 28.4. The van der Waals surface area contributed by atoms with Crippen LogP contribution in [0.5, 0.6) is 0 Å². The second-order valence-corrected chi connectivity index (χ2v) is 13.2. The van der Waals surface area contributed by atoms with Gasteiger partial charge in [0.1, 0.15) is 11.3 Å². The molecule has 42 heavy (non-hydrogen) atoms. The Kier molecular flexibility index (Phi) is 5.63. The average molecular weight is 570 g/mol. The minimum absolute atomic E-state index is 0.314. The Morgan fingerprint density at radius 3 is 2.43 bits per heavy atom. The maximum Gasteiger partial charge on any atom is 0.209 e. The van der Waals surface area contributed by atoms with Crippen LogP contribution in [0.4, 0.5) is 17.1 Å². The van der Waals surface area contributed by atoms with Gasteiger partial charge in [0, 0.05) is 76.4 Å². The fourth-order valence-electron chi connectivity index (χ4n) is 6.70. The monoisotopic (exact) mass is 569 g/mol. The van der Waals surface area contributed by atoms with E-state index in [0.717, 1.165) is 64.8 Å². The van der Waals surface area contributed by atoms with E-state index in [1.54, 1.807) is 12.1 Å². The Bertz CT molecular complexity index is 2200. The summed E-state index contributed by atoms with van der Waals surface area (Å²) < 4.78 is 34.9. The van der Waals surface area contributed by atoms with Crippen molar-refractivity contribution in [2.45, 2.75) is 17.7 Å². The van der Waals surface area contributed by atoms with Gasteiger partial charge in [-0.2, -0.15) is 4.58 Å². The van der Waals surface area contributed by atoms with E-state index in [9.17, 15) is 8.42 Å². The van der Waals surface area contributed by atoms with Crippen molar-refractivity contribution in [2.24, 2.45) is 0 Å². The molecule has 5 nitrogen and oxygen atoms in total. The van der Waals surface area contributed by atoms with Crippen molar-refractivity contribution in [3.05, 3.63) is 126 Å². The molecule has 1 aliphatic carbocycles. The van der Waals surface area contributed by atoms with E-state index >= 15 is 0 Å². The Hall–Kier alpha value is -4.68. The standard InChI is InChI=1S/C36H29N2O3S/c1-42(39,40)35-13-7-4-10-30(35)36-28-16-14-26(37-20-18-24-8-2-5-11-31(24)37)22-33(28)41-34-23-27(15-17-29(34)36)38-21-19-25-9-3-6-12-32(25)38/h2-17,22-23H,18-21H2,1H3/q+1. The Balaban J connectivity index is 1.42. The molecule has 8 rings (SSSR count). The van der Waals surface area contributed by atoms with E-state index in [4.69, 9.17) is 4.42 Å². The zero-order valence-electron chi connectivity index (χ0n) is 23.2. The fourth-order valence-corrected chi connectivity index (χ4v) is 7.60. The molecule has 3 aliphatic heterocycles. The van der Waals surface area contributed by atoms with Gasteiger partial charge in [0.25, 0.3) is 0 Å². The van der Waals surface area contributed by atoms with Gasteiger partial charge in [-0.1, -0.05) is 54.6 Å². The lowest BCUT2D eigenvalue weighted by atomic mass is 9.93. The Morgan fingerprint density at radius 2 is 1.55 bits per heavy atom. The molecule has 4 aromatic rings. The number of fused-ring (bicyclic) bond motifs is 4. The van der Waals surface area contributed by atoms with Crippen LogP contribution in [0, 0.1) is 0 Å². The van der Waals surface area contributed by atoms with Crippen molar-refractivity contribution in [2.75, 3.05) is 24.2 Å². The van der Waals surface area contributed by atoms with Crippen molar-refractivity contribution in [3.63, 3.8) is 0 Å². The summed E-state index contributed by atoms with van der Waals surface area (Å²) in [6, 6.07) is 36.9. The summed E-state index contributed by atoms with van der Waals surface area (Å²) in [6.45, 7) is 1.81. The van der Waals surface area contributed by atoms with Gasteiger partial charge >= 0.3 is 0 Å². The number of sulfone groups is 1. The first kappa shape index (κ1) is 25.1. The minimum atomic E-state index is -3.48. The van der Waals surface area contributed by atoms with Gasteiger partial charge in [0.15, 0.2) is 16.4 Å². The normalized spacial score (nSPS) is 15.8. The van der Waals surface area contributed by atoms with Crippen LogP contribution >= 0.6 is 0 Å². The van der Waals surface area contributed by atoms with E-state index in [1.807, 2.05) is 12.1 Å². The van der Waals surface area contributed by atoms with Gasteiger partial charge in [0.05, 0.1) is 11.0 Å². The molecule has 0 fully saturated rings. The lowest BCUT2D eigenvalue weighted by Gasteiger charge is -2.22. The molecule has 0 amide bonds. The highest BCUT2D eigenvalue weighted by molar-refractivity contribution is 7.90. The minimum Gasteiger partial charge on any atom is -0.456 e. The summed E-state index contributed by atoms with van der Waals surface area (Å²) in [5, 5.41) is 1.94. The lowest BCUT2D eigenvalue weighted by Crippen LogP contribution is -2.23. The number of anilines is 2. The molecule has 206 valence electrons. The highest BCUT2D eigenvalue weighted by atomic mass is 32.2. The third kappa shape index (κ3) is 3.97. The van der Waals surface area contributed by atoms with Crippen LogP contribution in [0.2, 0.25) is 0 Å². The molecular formula is C36H29N2O3S+. The third-order valence-corrected chi connectivity index (χ3v) is 9.80. The maximum atomic E-state index is 13.0. The Morgan fingerprint density at radius 1 is 0.762 bits per heavy atom. The summed E-state index contributed by atoms with van der Waals surface area (Å²) >= 11 is 0. The van der Waals surface area contributed by atoms with Crippen LogP contribution < -0.4 is 14.8 Å². The summed E-state index contributed by atoms with van der Waals surface area (Å²) in [4.78, 5) is 2.64. The van der Waals surface area contributed by atoms with Crippen molar-refractivity contribution >= 4 is 37.9 Å². The molecule has 0 saturated carbocycles. The van der Waals surface area contributed by atoms with Crippen LogP contribution in [0.15, 0.2) is 119 Å². The van der Waals surface area contributed by atoms with E-state index in [0.29, 0.717) is 10.5 Å². The molecule has 4 aliphatic rings. The van der Waals surface area contributed by atoms with Crippen LogP contribution in [0.1, 0.15) is 11.1 Å². The number of rotatable bonds is 3. The fraction of sp³-hybridized carbons (Fsp3) is 0.139. The number of benzene rings is 5. The number of para-hydroxylation sites is 2. The molecule has 3 heterocycles. The topological polar surface area (TPSA) is 53.5 Å². The molecule has 0 unspecified atom stereocenters. The van der Waals surface area contributed by atoms with Gasteiger partial charge in [-0.3, -0.25) is 0 Å². The third-order valence-electron chi connectivity index (χ3n) is 8.64. The van der Waals surface area contributed by atoms with E-state index < -0.39 is 9.84 Å². The van der Waals surface area contributed by atoms with E-state index in [2.05, 4.69) is 94.4 Å². The van der Waals surface area contributed by atoms with Crippen LogP contribution in [0.3, 0.4) is 0 Å². The molecule has 0 spiro atoms. The largest absolute Gasteiger partial charge is 0.456 e. The number of hydrogen-bond donors (Lipinski definition) is 0. The second-order valence-electron chi connectivity index (χ2n) is 11.2. The highest BCUT2D eigenvalue weighted by Crippen LogP contribution is 2.44. The molecule has 0 aromatic heterocycles. The first-order chi connectivity index (χ1) is 20.5. The predicted octanol–water partition coefficient (Wildman–Crippen LogP) is 6.96. The van der Waals surface area contributed by atoms with Crippen molar-refractivity contribution < 1.29 is 12.8 Å². The lowest BCUT2D eigenvalue weighted by molar-refractivity contribution is 0.602. The summed E-state index contributed by atoms with van der Waals surface area (Å²) in [5.74, 6) is 0.724. The van der Waals surface area contributed by atoms with Gasteiger partial charge < -0.3 is 9.32 Å². The molecule has 0 saturated heterocycles. The van der Waals surface area contributed by atoms with Gasteiger partial charge in [-0.05, 0) is 42.3 Å². The zero-order valence-corrected chi connectivity index (χ0v) is 24.1. The van der Waals surface area contributed by atoms with Gasteiger partial charge in [-0.25, -0.2) is 8.42 Å². The van der Waals surface area contributed by atoms with E-state index in [1.165, 1.54) is 28.8 Å². The molecule has 0 bridgehead atoms. The van der Waals surface area contributed by atoms with Crippen LogP contribution in [0.25, 0.3) is 33.4 Å². The van der Waals surface area contributed by atoms with Gasteiger partial charge in [0.2, 0.25) is 11.0 Å². The van der Waals surface area contributed by atoms with Crippen LogP contribution in [-0.4, -0.2) is 27.8 Å². The maximum absolute atomic E-state index is 13.0. The second kappa shape index (κ2) is 9.43. The summed E-state index contributed by atoms with van der Waals surface area (Å²) in [5.41, 5.74) is 9.33. The van der Waals surface area contributed by atoms with Crippen molar-refractivity contribution in [1.29, 1.82) is 0 Å². The summed E-state index contributed by atoms with van der Waals surface area (Å²) in [6.07, 6.45) is 3.27. The quantitative estimate of drug-likeness (QED) is 0.171. The van der Waals surface area contributed by atoms with Crippen molar-refractivity contribution in [1.82, 2.24) is 4.58 Å². The smallest absolute Gasteiger partial charge is 0.209 e.